The monoisotopic (exact) mass is 265 g/mol. The van der Waals surface area contributed by atoms with E-state index in [1.54, 1.807) is 7.11 Å². The summed E-state index contributed by atoms with van der Waals surface area (Å²) in [4.78, 5) is 0. The lowest BCUT2D eigenvalue weighted by Crippen LogP contribution is -2.07. The Morgan fingerprint density at radius 1 is 1.47 bits per heavy atom. The third-order valence-electron chi connectivity index (χ3n) is 3.33. The molecule has 0 saturated heterocycles. The van der Waals surface area contributed by atoms with E-state index in [-0.39, 0.29) is 0 Å². The Bertz CT molecular complexity index is 380. The van der Waals surface area contributed by atoms with E-state index in [0.29, 0.717) is 19.2 Å². The highest BCUT2D eigenvalue weighted by molar-refractivity contribution is 5.48. The summed E-state index contributed by atoms with van der Waals surface area (Å²) in [5.74, 6) is 0. The van der Waals surface area contributed by atoms with E-state index in [0.717, 1.165) is 31.4 Å². The summed E-state index contributed by atoms with van der Waals surface area (Å²) in [6.07, 6.45) is 8.37. The molecule has 0 fully saturated rings. The maximum atomic E-state index is 5.56. The molecule has 0 saturated carbocycles. The van der Waals surface area contributed by atoms with Crippen molar-refractivity contribution in [1.29, 1.82) is 0 Å². The van der Waals surface area contributed by atoms with Crippen LogP contribution in [0, 0.1) is 0 Å². The molecule has 0 atom stereocenters. The third kappa shape index (κ3) is 5.17. The topological polar surface area (TPSA) is 53.1 Å². The Balaban J connectivity index is 2.77. The number of nitrogens with zero attached hydrogens (tertiary/aromatic N) is 2. The van der Waals surface area contributed by atoms with Crippen molar-refractivity contribution in [3.8, 4) is 0 Å². The lowest BCUT2D eigenvalue weighted by molar-refractivity contribution is 0.223. The van der Waals surface area contributed by atoms with Gasteiger partial charge in [-0.3, -0.25) is 4.68 Å². The highest BCUT2D eigenvalue weighted by Gasteiger charge is 2.07. The first-order valence-corrected chi connectivity index (χ1v) is 7.18. The average molecular weight is 265 g/mol. The minimum Gasteiger partial charge on any atom is -0.380 e. The van der Waals surface area contributed by atoms with Gasteiger partial charge in [0.2, 0.25) is 0 Å². The predicted molar refractivity (Wildman–Crippen MR) is 80.0 cm³/mol. The summed E-state index contributed by atoms with van der Waals surface area (Å²) in [5, 5.41) is 4.64. The van der Waals surface area contributed by atoms with Gasteiger partial charge in [-0.1, -0.05) is 13.8 Å². The number of aromatic nitrogens is 2. The first-order valence-electron chi connectivity index (χ1n) is 7.18. The van der Waals surface area contributed by atoms with Crippen molar-refractivity contribution in [2.75, 3.05) is 20.3 Å². The van der Waals surface area contributed by atoms with E-state index < -0.39 is 0 Å². The number of rotatable bonds is 9. The Morgan fingerprint density at radius 2 is 2.21 bits per heavy atom. The normalized spacial score (nSPS) is 12.4. The average Bonchev–Trinajstić information content (AvgIpc) is 2.86. The van der Waals surface area contributed by atoms with Crippen molar-refractivity contribution in [3.63, 3.8) is 0 Å². The number of ether oxygens (including phenoxy) is 1. The molecule has 2 N–H and O–H groups in total. The molecule has 108 valence electrons. The standard InChI is InChI=1S/C15H27N3O/c1-4-15(5-2)18-10-8-14(17-18)11-13(12-19-3)7-6-9-16/h8,10-11,15H,4-7,9,12,16H2,1-3H3/b13-11-. The van der Waals surface area contributed by atoms with Crippen LogP contribution in [-0.4, -0.2) is 30.0 Å². The lowest BCUT2D eigenvalue weighted by atomic mass is 10.1. The third-order valence-corrected chi connectivity index (χ3v) is 3.33. The maximum absolute atomic E-state index is 5.56. The lowest BCUT2D eigenvalue weighted by Gasteiger charge is -2.12. The fourth-order valence-electron chi connectivity index (χ4n) is 2.21. The minimum atomic E-state index is 0.497. The molecule has 0 aromatic carbocycles. The second kappa shape index (κ2) is 8.88. The smallest absolute Gasteiger partial charge is 0.0851 e. The Kier molecular flexibility index (Phi) is 7.45. The zero-order valence-corrected chi connectivity index (χ0v) is 12.4. The molecule has 0 radical (unpaired) electrons. The van der Waals surface area contributed by atoms with Crippen LogP contribution < -0.4 is 5.73 Å². The molecule has 0 aliphatic carbocycles. The van der Waals surface area contributed by atoms with Crippen LogP contribution in [0.5, 0.6) is 0 Å². The van der Waals surface area contributed by atoms with Crippen LogP contribution in [-0.2, 0) is 4.74 Å². The highest BCUT2D eigenvalue weighted by atomic mass is 16.5. The van der Waals surface area contributed by atoms with Crippen LogP contribution in [0.2, 0.25) is 0 Å². The van der Waals surface area contributed by atoms with Crippen molar-refractivity contribution in [2.45, 2.75) is 45.6 Å². The molecule has 1 aromatic rings. The molecule has 1 heterocycles. The van der Waals surface area contributed by atoms with Crippen molar-refractivity contribution >= 4 is 6.08 Å². The minimum absolute atomic E-state index is 0.497. The van der Waals surface area contributed by atoms with Crippen LogP contribution in [0.25, 0.3) is 6.08 Å². The number of hydrogen-bond donors (Lipinski definition) is 1. The summed E-state index contributed by atoms with van der Waals surface area (Å²) in [6.45, 7) is 5.76. The van der Waals surface area contributed by atoms with Crippen LogP contribution in [0.4, 0.5) is 0 Å². The van der Waals surface area contributed by atoms with Gasteiger partial charge in [-0.25, -0.2) is 0 Å². The number of methoxy groups -OCH3 is 1. The SMILES string of the molecule is CCC(CC)n1ccc(/C=C(/CCCN)COC)n1. The second-order valence-electron chi connectivity index (χ2n) is 4.82. The molecule has 0 aliphatic rings. The summed E-state index contributed by atoms with van der Waals surface area (Å²) in [5.41, 5.74) is 7.82. The Morgan fingerprint density at radius 3 is 2.79 bits per heavy atom. The van der Waals surface area contributed by atoms with Gasteiger partial charge in [0.15, 0.2) is 0 Å². The van der Waals surface area contributed by atoms with Crippen molar-refractivity contribution < 1.29 is 4.74 Å². The summed E-state index contributed by atoms with van der Waals surface area (Å²) < 4.78 is 7.29. The first kappa shape index (κ1) is 15.9. The van der Waals surface area contributed by atoms with Gasteiger partial charge in [0.1, 0.15) is 0 Å². The molecule has 4 nitrogen and oxygen atoms in total. The van der Waals surface area contributed by atoms with Crippen LogP contribution in [0.1, 0.15) is 51.3 Å². The zero-order valence-electron chi connectivity index (χ0n) is 12.4. The van der Waals surface area contributed by atoms with Crippen LogP contribution >= 0.6 is 0 Å². The van der Waals surface area contributed by atoms with Crippen molar-refractivity contribution in [3.05, 3.63) is 23.5 Å². The zero-order chi connectivity index (χ0) is 14.1. The molecule has 0 amide bonds. The van der Waals surface area contributed by atoms with Gasteiger partial charge in [-0.2, -0.15) is 5.10 Å². The molecular formula is C15H27N3O. The number of nitrogens with two attached hydrogens (primary N) is 1. The Labute approximate surface area is 116 Å². The molecule has 4 heteroatoms. The van der Waals surface area contributed by atoms with E-state index in [9.17, 15) is 0 Å². The van der Waals surface area contributed by atoms with E-state index in [1.165, 1.54) is 5.57 Å². The van der Waals surface area contributed by atoms with Crippen LogP contribution in [0.15, 0.2) is 17.8 Å². The van der Waals surface area contributed by atoms with E-state index in [2.05, 4.69) is 42.0 Å². The summed E-state index contributed by atoms with van der Waals surface area (Å²) in [7, 11) is 1.72. The molecule has 1 aromatic heterocycles. The maximum Gasteiger partial charge on any atom is 0.0851 e. The van der Waals surface area contributed by atoms with Crippen LogP contribution in [0.3, 0.4) is 0 Å². The quantitative estimate of drug-likeness (QED) is 0.746. The molecule has 19 heavy (non-hydrogen) atoms. The largest absolute Gasteiger partial charge is 0.380 e. The highest BCUT2D eigenvalue weighted by Crippen LogP contribution is 2.16. The molecule has 0 unspecified atom stereocenters. The van der Waals surface area contributed by atoms with Gasteiger partial charge in [-0.15, -0.1) is 0 Å². The van der Waals surface area contributed by atoms with Gasteiger partial charge in [0, 0.05) is 13.3 Å². The first-order chi connectivity index (χ1) is 9.24. The van der Waals surface area contributed by atoms with Gasteiger partial charge >= 0.3 is 0 Å². The fraction of sp³-hybridized carbons (Fsp3) is 0.667. The fourth-order valence-corrected chi connectivity index (χ4v) is 2.21. The van der Waals surface area contributed by atoms with Gasteiger partial charge < -0.3 is 10.5 Å². The van der Waals surface area contributed by atoms with Gasteiger partial charge in [0.25, 0.3) is 0 Å². The Hall–Kier alpha value is -1.13. The summed E-state index contributed by atoms with van der Waals surface area (Å²) in [6, 6.07) is 2.56. The summed E-state index contributed by atoms with van der Waals surface area (Å²) >= 11 is 0. The molecule has 0 aliphatic heterocycles. The second-order valence-corrected chi connectivity index (χ2v) is 4.82. The van der Waals surface area contributed by atoms with Gasteiger partial charge in [0.05, 0.1) is 18.3 Å². The van der Waals surface area contributed by atoms with E-state index >= 15 is 0 Å². The van der Waals surface area contributed by atoms with E-state index in [4.69, 9.17) is 10.5 Å². The predicted octanol–water partition coefficient (Wildman–Crippen LogP) is 3.01. The van der Waals surface area contributed by atoms with Crippen molar-refractivity contribution in [2.24, 2.45) is 5.73 Å². The van der Waals surface area contributed by atoms with Crippen molar-refractivity contribution in [1.82, 2.24) is 9.78 Å². The molecular weight excluding hydrogens is 238 g/mol. The molecule has 0 bridgehead atoms. The molecule has 1 rings (SSSR count). The number of hydrogen-bond acceptors (Lipinski definition) is 3. The van der Waals surface area contributed by atoms with E-state index in [1.807, 2.05) is 0 Å². The van der Waals surface area contributed by atoms with Gasteiger partial charge in [-0.05, 0) is 49.9 Å². The molecule has 0 spiro atoms.